The third-order valence-electron chi connectivity index (χ3n) is 4.22. The van der Waals surface area contributed by atoms with Crippen molar-refractivity contribution < 1.29 is 17.9 Å². The molecule has 0 radical (unpaired) electrons. The van der Waals surface area contributed by atoms with Crippen molar-refractivity contribution in [3.8, 4) is 0 Å². The fourth-order valence-electron chi connectivity index (χ4n) is 2.94. The van der Waals surface area contributed by atoms with Gasteiger partial charge in [0.1, 0.15) is 0 Å². The Morgan fingerprint density at radius 1 is 1.50 bits per heavy atom. The molecule has 3 atom stereocenters. The number of ether oxygens (including phenoxy) is 1. The first-order valence-corrected chi connectivity index (χ1v) is 9.24. The van der Waals surface area contributed by atoms with E-state index in [2.05, 4.69) is 9.82 Å². The molecule has 1 amide bonds. The van der Waals surface area contributed by atoms with E-state index in [1.165, 1.54) is 0 Å². The first-order valence-electron chi connectivity index (χ1n) is 7.59. The molecule has 3 rings (SSSR count). The smallest absolute Gasteiger partial charge is 0.237 e. The number of rotatable bonds is 5. The van der Waals surface area contributed by atoms with Gasteiger partial charge in [0, 0.05) is 25.8 Å². The molecule has 1 aromatic rings. The van der Waals surface area contributed by atoms with Crippen LogP contribution in [0.5, 0.6) is 0 Å². The van der Waals surface area contributed by atoms with Gasteiger partial charge in [-0.3, -0.25) is 14.2 Å². The molecule has 2 heterocycles. The number of carbonyl (C=O) groups excluding carboxylic acids is 1. The molecule has 1 aliphatic heterocycles. The van der Waals surface area contributed by atoms with Gasteiger partial charge in [0.2, 0.25) is 15.9 Å². The Bertz CT molecular complexity index is 649. The average molecular weight is 327 g/mol. The summed E-state index contributed by atoms with van der Waals surface area (Å²) in [5.41, 5.74) is 0.982. The van der Waals surface area contributed by atoms with Crippen LogP contribution in [0.4, 0.5) is 0 Å². The molecule has 2 fully saturated rings. The van der Waals surface area contributed by atoms with Gasteiger partial charge in [-0.15, -0.1) is 0 Å². The summed E-state index contributed by atoms with van der Waals surface area (Å²) in [5.74, 6) is -0.742. The zero-order valence-electron chi connectivity index (χ0n) is 12.6. The maximum atomic E-state index is 12.1. The Morgan fingerprint density at radius 3 is 2.95 bits per heavy atom. The molecular weight excluding hydrogens is 306 g/mol. The summed E-state index contributed by atoms with van der Waals surface area (Å²) < 4.78 is 33.4. The number of aromatic nitrogens is 2. The predicted molar refractivity (Wildman–Crippen MR) is 79.6 cm³/mol. The fourth-order valence-corrected chi connectivity index (χ4v) is 4.23. The van der Waals surface area contributed by atoms with Crippen molar-refractivity contribution in [1.82, 2.24) is 14.5 Å². The van der Waals surface area contributed by atoms with Crippen LogP contribution in [-0.2, 0) is 26.6 Å². The topological polar surface area (TPSA) is 90.3 Å². The molecule has 122 valence electrons. The van der Waals surface area contributed by atoms with Crippen LogP contribution in [0.1, 0.15) is 37.2 Å². The lowest BCUT2D eigenvalue weighted by molar-refractivity contribution is -0.120. The van der Waals surface area contributed by atoms with E-state index in [-0.39, 0.29) is 23.7 Å². The number of carbonyl (C=O) groups is 1. The van der Waals surface area contributed by atoms with Gasteiger partial charge in [-0.25, -0.2) is 8.42 Å². The molecule has 1 N–H and O–H groups in total. The summed E-state index contributed by atoms with van der Waals surface area (Å²) in [4.78, 5) is 12.1. The summed E-state index contributed by atoms with van der Waals surface area (Å²) in [6.07, 6.45) is 6.64. The number of hydrogen-bond donors (Lipinski definition) is 1. The van der Waals surface area contributed by atoms with Gasteiger partial charge in [0.05, 0.1) is 18.1 Å². The number of nitrogens with one attached hydrogen (secondary N) is 1. The summed E-state index contributed by atoms with van der Waals surface area (Å²) in [6, 6.07) is 0. The Hall–Kier alpha value is -1.41. The maximum absolute atomic E-state index is 12.1. The monoisotopic (exact) mass is 327 g/mol. The van der Waals surface area contributed by atoms with Crippen LogP contribution >= 0.6 is 0 Å². The van der Waals surface area contributed by atoms with Gasteiger partial charge in [-0.05, 0) is 37.2 Å². The van der Waals surface area contributed by atoms with Crippen molar-refractivity contribution >= 4 is 15.9 Å². The molecule has 0 bridgehead atoms. The summed E-state index contributed by atoms with van der Waals surface area (Å²) >= 11 is 0. The highest BCUT2D eigenvalue weighted by Gasteiger charge is 2.45. The van der Waals surface area contributed by atoms with Gasteiger partial charge < -0.3 is 4.74 Å². The Balaban J connectivity index is 1.53. The highest BCUT2D eigenvalue weighted by Crippen LogP contribution is 2.47. The molecule has 22 heavy (non-hydrogen) atoms. The normalized spacial score (nSPS) is 28.3. The van der Waals surface area contributed by atoms with Gasteiger partial charge in [-0.1, -0.05) is 0 Å². The van der Waals surface area contributed by atoms with Crippen LogP contribution < -0.4 is 4.72 Å². The molecule has 1 aliphatic carbocycles. The van der Waals surface area contributed by atoms with Crippen molar-refractivity contribution in [2.24, 2.45) is 13.0 Å². The van der Waals surface area contributed by atoms with E-state index in [1.54, 1.807) is 10.9 Å². The van der Waals surface area contributed by atoms with E-state index in [4.69, 9.17) is 4.74 Å². The van der Waals surface area contributed by atoms with Gasteiger partial charge >= 0.3 is 0 Å². The summed E-state index contributed by atoms with van der Waals surface area (Å²) in [6.45, 7) is 0.597. The van der Waals surface area contributed by atoms with Crippen molar-refractivity contribution in [3.63, 3.8) is 0 Å². The first-order chi connectivity index (χ1) is 10.4. The Morgan fingerprint density at radius 2 is 2.32 bits per heavy atom. The molecule has 0 aromatic carbocycles. The van der Waals surface area contributed by atoms with Crippen molar-refractivity contribution in [1.29, 1.82) is 0 Å². The highest BCUT2D eigenvalue weighted by atomic mass is 32.2. The molecule has 8 heteroatoms. The third kappa shape index (κ3) is 3.67. The number of nitrogens with zero attached hydrogens (tertiary/aromatic N) is 2. The predicted octanol–water partition coefficient (Wildman–Crippen LogP) is 0.539. The first kappa shape index (κ1) is 15.5. The largest absolute Gasteiger partial charge is 0.377 e. The van der Waals surface area contributed by atoms with E-state index >= 15 is 0 Å². The molecule has 2 aliphatic rings. The zero-order valence-corrected chi connectivity index (χ0v) is 13.4. The number of sulfonamides is 1. The Labute approximate surface area is 130 Å². The van der Waals surface area contributed by atoms with E-state index in [9.17, 15) is 13.2 Å². The number of aryl methyl sites for hydroxylation is 1. The van der Waals surface area contributed by atoms with Crippen LogP contribution in [0.15, 0.2) is 12.4 Å². The van der Waals surface area contributed by atoms with Crippen molar-refractivity contribution in [2.45, 2.75) is 37.7 Å². The van der Waals surface area contributed by atoms with Crippen molar-refractivity contribution in [3.05, 3.63) is 18.0 Å². The van der Waals surface area contributed by atoms with Crippen LogP contribution in [0.3, 0.4) is 0 Å². The molecule has 1 saturated carbocycles. The molecule has 0 unspecified atom stereocenters. The molecule has 0 spiro atoms. The SMILES string of the molecule is Cn1cc([C@@H]2C[C@H]2C(=O)NS(=O)(=O)C[C@@H]2CCCCO2)cn1. The summed E-state index contributed by atoms with van der Waals surface area (Å²) in [5, 5.41) is 4.07. The minimum atomic E-state index is -3.63. The van der Waals surface area contributed by atoms with Gasteiger partial charge in [0.15, 0.2) is 0 Å². The van der Waals surface area contributed by atoms with E-state index < -0.39 is 15.9 Å². The van der Waals surface area contributed by atoms with Crippen LogP contribution in [0.2, 0.25) is 0 Å². The zero-order chi connectivity index (χ0) is 15.7. The van der Waals surface area contributed by atoms with Crippen LogP contribution in [0.25, 0.3) is 0 Å². The Kier molecular flexibility index (Phi) is 4.22. The maximum Gasteiger partial charge on any atom is 0.237 e. The van der Waals surface area contributed by atoms with Crippen LogP contribution in [-0.4, -0.2) is 42.6 Å². The highest BCUT2D eigenvalue weighted by molar-refractivity contribution is 7.90. The lowest BCUT2D eigenvalue weighted by atomic mass is 10.1. The second-order valence-corrected chi connectivity index (χ2v) is 7.90. The standard InChI is InChI=1S/C14H21N3O4S/c1-17-8-10(7-15-17)12-6-13(12)14(18)16-22(19,20)9-11-4-2-3-5-21-11/h7-8,11-13H,2-6,9H2,1H3,(H,16,18)/t11-,12-,13+/m0/s1. The summed E-state index contributed by atoms with van der Waals surface area (Å²) in [7, 11) is -1.82. The molecule has 1 saturated heterocycles. The van der Waals surface area contributed by atoms with Crippen molar-refractivity contribution in [2.75, 3.05) is 12.4 Å². The van der Waals surface area contributed by atoms with E-state index in [1.807, 2.05) is 13.2 Å². The van der Waals surface area contributed by atoms with E-state index in [0.29, 0.717) is 13.0 Å². The fraction of sp³-hybridized carbons (Fsp3) is 0.714. The van der Waals surface area contributed by atoms with E-state index in [0.717, 1.165) is 24.8 Å². The quantitative estimate of drug-likeness (QED) is 0.852. The van der Waals surface area contributed by atoms with Crippen LogP contribution in [0, 0.1) is 5.92 Å². The molecule has 7 nitrogen and oxygen atoms in total. The second kappa shape index (κ2) is 6.00. The lowest BCUT2D eigenvalue weighted by Gasteiger charge is -2.22. The van der Waals surface area contributed by atoms with Gasteiger partial charge in [0.25, 0.3) is 0 Å². The minimum absolute atomic E-state index is 0.0785. The minimum Gasteiger partial charge on any atom is -0.377 e. The second-order valence-electron chi connectivity index (χ2n) is 6.13. The van der Waals surface area contributed by atoms with Gasteiger partial charge in [-0.2, -0.15) is 5.10 Å². The third-order valence-corrected chi connectivity index (χ3v) is 5.54. The average Bonchev–Trinajstić information content (AvgIpc) is 3.14. The lowest BCUT2D eigenvalue weighted by Crippen LogP contribution is -2.39. The number of hydrogen-bond acceptors (Lipinski definition) is 5. The molecule has 1 aromatic heterocycles. The molecular formula is C14H21N3O4S. The number of amides is 1.